The number of sulfonamides is 1. The molecule has 0 bridgehead atoms. The number of piperidine rings is 1. The lowest BCUT2D eigenvalue weighted by Crippen LogP contribution is -2.35. The number of fused-ring (bicyclic) bond motifs is 1. The normalized spacial score (nSPS) is 21.6. The van der Waals surface area contributed by atoms with Crippen LogP contribution < -0.4 is 9.47 Å². The third kappa shape index (κ3) is 4.72. The van der Waals surface area contributed by atoms with Crippen LogP contribution >= 0.6 is 11.8 Å². The molecule has 3 heterocycles. The Kier molecular flexibility index (Phi) is 6.53. The van der Waals surface area contributed by atoms with Crippen LogP contribution in [0.5, 0.6) is 11.5 Å². The van der Waals surface area contributed by atoms with Crippen molar-refractivity contribution in [1.82, 2.24) is 9.21 Å². The summed E-state index contributed by atoms with van der Waals surface area (Å²) in [4.78, 5) is 15.3. The van der Waals surface area contributed by atoms with E-state index >= 15 is 0 Å². The van der Waals surface area contributed by atoms with Gasteiger partial charge in [0.05, 0.1) is 4.90 Å². The lowest BCUT2D eigenvalue weighted by molar-refractivity contribution is 0.0766. The quantitative estimate of drug-likeness (QED) is 0.650. The van der Waals surface area contributed by atoms with Crippen LogP contribution in [0.3, 0.4) is 0 Å². The van der Waals surface area contributed by atoms with E-state index in [2.05, 4.69) is 6.07 Å². The van der Waals surface area contributed by atoms with E-state index < -0.39 is 10.0 Å². The minimum atomic E-state index is -3.49. The Morgan fingerprint density at radius 1 is 0.909 bits per heavy atom. The first-order valence-electron chi connectivity index (χ1n) is 11.4. The lowest BCUT2D eigenvalue weighted by atomic mass is 10.1. The Hall–Kier alpha value is -2.23. The van der Waals surface area contributed by atoms with Crippen LogP contribution in [0.2, 0.25) is 0 Å². The fourth-order valence-electron chi connectivity index (χ4n) is 4.56. The van der Waals surface area contributed by atoms with E-state index in [-0.39, 0.29) is 22.8 Å². The van der Waals surface area contributed by atoms with E-state index in [1.165, 1.54) is 5.56 Å². The predicted molar refractivity (Wildman–Crippen MR) is 127 cm³/mol. The van der Waals surface area contributed by atoms with Crippen LogP contribution in [0.25, 0.3) is 0 Å². The van der Waals surface area contributed by atoms with Gasteiger partial charge in [-0.05, 0) is 61.2 Å². The fourth-order valence-corrected chi connectivity index (χ4v) is 7.30. The highest BCUT2D eigenvalue weighted by Gasteiger charge is 2.27. The molecule has 1 unspecified atom stereocenters. The molecule has 2 fully saturated rings. The first-order chi connectivity index (χ1) is 16.0. The van der Waals surface area contributed by atoms with E-state index in [9.17, 15) is 13.2 Å². The van der Waals surface area contributed by atoms with Crippen LogP contribution in [-0.4, -0.2) is 62.3 Å². The van der Waals surface area contributed by atoms with Crippen molar-refractivity contribution in [1.29, 1.82) is 0 Å². The van der Waals surface area contributed by atoms with Gasteiger partial charge in [0, 0.05) is 42.7 Å². The molecule has 2 saturated heterocycles. The molecule has 0 aliphatic carbocycles. The van der Waals surface area contributed by atoms with Gasteiger partial charge in [-0.1, -0.05) is 12.5 Å². The molecule has 9 heteroatoms. The molecule has 0 radical (unpaired) electrons. The van der Waals surface area contributed by atoms with E-state index in [4.69, 9.17) is 9.47 Å². The Morgan fingerprint density at radius 3 is 2.45 bits per heavy atom. The molecule has 0 aromatic heterocycles. The zero-order chi connectivity index (χ0) is 22.8. The van der Waals surface area contributed by atoms with Crippen molar-refractivity contribution in [2.75, 3.05) is 38.7 Å². The first kappa shape index (κ1) is 22.6. The summed E-state index contributed by atoms with van der Waals surface area (Å²) < 4.78 is 38.2. The van der Waals surface area contributed by atoms with Crippen molar-refractivity contribution in [3.05, 3.63) is 53.6 Å². The topological polar surface area (TPSA) is 76.2 Å². The molecule has 0 spiro atoms. The molecule has 3 aliphatic heterocycles. The average Bonchev–Trinajstić information content (AvgIpc) is 3.19. The van der Waals surface area contributed by atoms with Gasteiger partial charge in [-0.3, -0.25) is 4.79 Å². The maximum Gasteiger partial charge on any atom is 0.253 e. The van der Waals surface area contributed by atoms with E-state index in [0.717, 1.165) is 42.9 Å². The standard InChI is InChI=1S/C24H28N2O5S2/c27-24(18-4-7-20(8-5-18)33(28,29)26-11-2-1-3-12-26)25-13-10-23(32-15-14-25)19-6-9-21-22(16-19)31-17-30-21/h4-9,16,23H,1-3,10-15,17H2. The van der Waals surface area contributed by atoms with Crippen LogP contribution in [0.4, 0.5) is 0 Å². The van der Waals surface area contributed by atoms with Crippen molar-refractivity contribution >= 4 is 27.7 Å². The zero-order valence-electron chi connectivity index (χ0n) is 18.4. The summed E-state index contributed by atoms with van der Waals surface area (Å²) in [6.07, 6.45) is 3.71. The number of hydrogen-bond donors (Lipinski definition) is 0. The maximum absolute atomic E-state index is 13.1. The third-order valence-electron chi connectivity index (χ3n) is 6.45. The smallest absolute Gasteiger partial charge is 0.253 e. The molecular formula is C24H28N2O5S2. The van der Waals surface area contributed by atoms with Crippen molar-refractivity contribution < 1.29 is 22.7 Å². The van der Waals surface area contributed by atoms with E-state index in [1.54, 1.807) is 28.6 Å². The van der Waals surface area contributed by atoms with E-state index in [1.807, 2.05) is 28.8 Å². The number of benzene rings is 2. The van der Waals surface area contributed by atoms with Crippen LogP contribution in [-0.2, 0) is 10.0 Å². The summed E-state index contributed by atoms with van der Waals surface area (Å²) in [6.45, 7) is 2.71. The Balaban J connectivity index is 1.24. The van der Waals surface area contributed by atoms with Crippen LogP contribution in [0.1, 0.15) is 46.9 Å². The molecule has 33 heavy (non-hydrogen) atoms. The summed E-state index contributed by atoms with van der Waals surface area (Å²) in [5.74, 6) is 2.35. The second-order valence-corrected chi connectivity index (χ2v) is 11.8. The molecule has 5 rings (SSSR count). The molecular weight excluding hydrogens is 460 g/mol. The van der Waals surface area contributed by atoms with Gasteiger partial charge in [-0.25, -0.2) is 8.42 Å². The summed E-state index contributed by atoms with van der Waals surface area (Å²) >= 11 is 1.85. The SMILES string of the molecule is O=C(c1ccc(S(=O)(=O)N2CCCCC2)cc1)N1CCSC(c2ccc3c(c2)OCO3)CC1. The van der Waals surface area contributed by atoms with Crippen LogP contribution in [0, 0.1) is 0 Å². The first-order valence-corrected chi connectivity index (χ1v) is 13.9. The summed E-state index contributed by atoms with van der Waals surface area (Å²) in [7, 11) is -3.49. The second-order valence-electron chi connectivity index (χ2n) is 8.54. The molecule has 1 atom stereocenters. The molecule has 176 valence electrons. The van der Waals surface area contributed by atoms with Gasteiger partial charge in [0.2, 0.25) is 16.8 Å². The molecule has 2 aromatic rings. The molecule has 3 aliphatic rings. The van der Waals surface area contributed by atoms with Crippen molar-refractivity contribution in [3.8, 4) is 11.5 Å². The van der Waals surface area contributed by atoms with Gasteiger partial charge < -0.3 is 14.4 Å². The van der Waals surface area contributed by atoms with Crippen LogP contribution in [0.15, 0.2) is 47.4 Å². The van der Waals surface area contributed by atoms with Gasteiger partial charge in [0.25, 0.3) is 5.91 Å². The summed E-state index contributed by atoms with van der Waals surface area (Å²) in [5, 5.41) is 0.286. The molecule has 1 amide bonds. The number of thioether (sulfide) groups is 1. The van der Waals surface area contributed by atoms with Crippen molar-refractivity contribution in [3.63, 3.8) is 0 Å². The Bertz CT molecular complexity index is 1110. The van der Waals surface area contributed by atoms with Gasteiger partial charge >= 0.3 is 0 Å². The highest BCUT2D eigenvalue weighted by atomic mass is 32.2. The van der Waals surface area contributed by atoms with Gasteiger partial charge in [0.1, 0.15) is 0 Å². The largest absolute Gasteiger partial charge is 0.454 e. The second kappa shape index (κ2) is 9.56. The molecule has 0 N–H and O–H groups in total. The monoisotopic (exact) mass is 488 g/mol. The number of carbonyl (C=O) groups excluding carboxylic acids is 1. The van der Waals surface area contributed by atoms with E-state index in [0.29, 0.717) is 31.7 Å². The summed E-state index contributed by atoms with van der Waals surface area (Å²) in [6, 6.07) is 12.5. The van der Waals surface area contributed by atoms with Crippen molar-refractivity contribution in [2.45, 2.75) is 35.8 Å². The fraction of sp³-hybridized carbons (Fsp3) is 0.458. The van der Waals surface area contributed by atoms with Gasteiger partial charge in [-0.15, -0.1) is 0 Å². The highest BCUT2D eigenvalue weighted by Crippen LogP contribution is 2.40. The molecule has 0 saturated carbocycles. The number of hydrogen-bond acceptors (Lipinski definition) is 6. The molecule has 7 nitrogen and oxygen atoms in total. The Morgan fingerprint density at radius 2 is 1.67 bits per heavy atom. The predicted octanol–water partition coefficient (Wildman–Crippen LogP) is 3.91. The highest BCUT2D eigenvalue weighted by molar-refractivity contribution is 7.99. The minimum Gasteiger partial charge on any atom is -0.454 e. The maximum atomic E-state index is 13.1. The zero-order valence-corrected chi connectivity index (χ0v) is 20.1. The number of amides is 1. The number of ether oxygens (including phenoxy) is 2. The Labute approximate surface area is 199 Å². The number of nitrogens with zero attached hydrogens (tertiary/aromatic N) is 2. The number of carbonyl (C=O) groups is 1. The minimum absolute atomic E-state index is 0.0520. The third-order valence-corrected chi connectivity index (χ3v) is 9.69. The molecule has 2 aromatic carbocycles. The lowest BCUT2D eigenvalue weighted by Gasteiger charge is -2.26. The van der Waals surface area contributed by atoms with Gasteiger partial charge in [0.15, 0.2) is 11.5 Å². The average molecular weight is 489 g/mol. The summed E-state index contributed by atoms with van der Waals surface area (Å²) in [5.41, 5.74) is 1.71. The van der Waals surface area contributed by atoms with Crippen molar-refractivity contribution in [2.24, 2.45) is 0 Å². The van der Waals surface area contributed by atoms with Gasteiger partial charge in [-0.2, -0.15) is 16.1 Å². The number of rotatable bonds is 4.